The van der Waals surface area contributed by atoms with Crippen molar-refractivity contribution in [2.75, 3.05) is 10.7 Å². The van der Waals surface area contributed by atoms with Crippen molar-refractivity contribution < 1.29 is 0 Å². The number of benzene rings is 1. The second-order valence-electron chi connectivity index (χ2n) is 4.90. The second kappa shape index (κ2) is 5.76. The maximum absolute atomic E-state index is 5.46. The Hall–Kier alpha value is -1.66. The first-order valence-corrected chi connectivity index (χ1v) is 7.38. The zero-order chi connectivity index (χ0) is 13.9. The zero-order valence-electron chi connectivity index (χ0n) is 10.9. The summed E-state index contributed by atoms with van der Waals surface area (Å²) < 4.78 is 1.08. The molecule has 0 radical (unpaired) electrons. The molecule has 0 atom stereocenters. The number of anilines is 2. The Balaban J connectivity index is 1.72. The fourth-order valence-electron chi connectivity index (χ4n) is 1.95. The van der Waals surface area contributed by atoms with E-state index in [1.54, 1.807) is 0 Å². The smallest absolute Gasteiger partial charge is 0.145 e. The van der Waals surface area contributed by atoms with Crippen LogP contribution >= 0.6 is 15.9 Å². The molecule has 1 saturated carbocycles. The normalized spacial score (nSPS) is 14.1. The van der Waals surface area contributed by atoms with Gasteiger partial charge in [0.1, 0.15) is 17.5 Å². The highest BCUT2D eigenvalue weighted by Gasteiger charge is 2.27. The van der Waals surface area contributed by atoms with Gasteiger partial charge < -0.3 is 10.7 Å². The highest BCUT2D eigenvalue weighted by Crippen LogP contribution is 2.38. The summed E-state index contributed by atoms with van der Waals surface area (Å²) in [5.41, 5.74) is 3.80. The van der Waals surface area contributed by atoms with Gasteiger partial charge >= 0.3 is 0 Å². The third-order valence-corrected chi connectivity index (χ3v) is 3.75. The minimum atomic E-state index is 0.497. The van der Waals surface area contributed by atoms with Gasteiger partial charge in [0.2, 0.25) is 0 Å². The Bertz CT molecular complexity index is 595. The van der Waals surface area contributed by atoms with Gasteiger partial charge in [-0.05, 0) is 30.5 Å². The Morgan fingerprint density at radius 1 is 1.15 bits per heavy atom. The molecule has 0 spiro atoms. The molecule has 6 heteroatoms. The van der Waals surface area contributed by atoms with Gasteiger partial charge in [-0.15, -0.1) is 0 Å². The fraction of sp³-hybridized carbons (Fsp3) is 0.286. The van der Waals surface area contributed by atoms with E-state index in [4.69, 9.17) is 5.84 Å². The van der Waals surface area contributed by atoms with E-state index in [2.05, 4.69) is 48.8 Å². The molecular formula is C14H16BrN5. The van der Waals surface area contributed by atoms with Crippen LogP contribution in [0.4, 0.5) is 11.6 Å². The third-order valence-electron chi connectivity index (χ3n) is 3.22. The minimum Gasteiger partial charge on any atom is -0.366 e. The first-order valence-electron chi connectivity index (χ1n) is 6.58. The van der Waals surface area contributed by atoms with Gasteiger partial charge in [0.15, 0.2) is 0 Å². The Morgan fingerprint density at radius 2 is 1.85 bits per heavy atom. The van der Waals surface area contributed by atoms with Crippen molar-refractivity contribution in [2.24, 2.45) is 5.84 Å². The minimum absolute atomic E-state index is 0.497. The SMILES string of the molecule is NNc1cc(NCc2ccc(Br)cc2)nc(C2CC2)n1. The maximum atomic E-state index is 5.46. The Morgan fingerprint density at radius 3 is 2.50 bits per heavy atom. The summed E-state index contributed by atoms with van der Waals surface area (Å²) in [6, 6.07) is 10.0. The van der Waals surface area contributed by atoms with Gasteiger partial charge in [-0.1, -0.05) is 28.1 Å². The van der Waals surface area contributed by atoms with E-state index in [1.807, 2.05) is 18.2 Å². The van der Waals surface area contributed by atoms with Gasteiger partial charge in [0.05, 0.1) is 0 Å². The monoisotopic (exact) mass is 333 g/mol. The van der Waals surface area contributed by atoms with Crippen LogP contribution in [-0.4, -0.2) is 9.97 Å². The molecule has 1 aromatic heterocycles. The molecular weight excluding hydrogens is 318 g/mol. The first kappa shape index (κ1) is 13.3. The number of nitrogens with zero attached hydrogens (tertiary/aromatic N) is 2. The van der Waals surface area contributed by atoms with Crippen LogP contribution in [0.25, 0.3) is 0 Å². The van der Waals surface area contributed by atoms with Crippen LogP contribution in [-0.2, 0) is 6.54 Å². The van der Waals surface area contributed by atoms with Gasteiger partial charge in [0.25, 0.3) is 0 Å². The van der Waals surface area contributed by atoms with E-state index >= 15 is 0 Å². The molecule has 0 bridgehead atoms. The predicted molar refractivity (Wildman–Crippen MR) is 83.3 cm³/mol. The second-order valence-corrected chi connectivity index (χ2v) is 5.81. The van der Waals surface area contributed by atoms with Crippen molar-refractivity contribution >= 4 is 27.6 Å². The molecule has 5 nitrogen and oxygen atoms in total. The fourth-order valence-corrected chi connectivity index (χ4v) is 2.21. The number of nitrogens with two attached hydrogens (primary N) is 1. The van der Waals surface area contributed by atoms with Crippen molar-refractivity contribution in [3.63, 3.8) is 0 Å². The first-order chi connectivity index (χ1) is 9.74. The highest BCUT2D eigenvalue weighted by molar-refractivity contribution is 9.10. The molecule has 0 amide bonds. The topological polar surface area (TPSA) is 75.9 Å². The summed E-state index contributed by atoms with van der Waals surface area (Å²) in [6.07, 6.45) is 2.33. The van der Waals surface area contributed by atoms with Crippen LogP contribution < -0.4 is 16.6 Å². The summed E-state index contributed by atoms with van der Waals surface area (Å²) in [5.74, 6) is 8.29. The summed E-state index contributed by atoms with van der Waals surface area (Å²) in [5, 5.41) is 3.32. The van der Waals surface area contributed by atoms with Crippen molar-refractivity contribution in [1.82, 2.24) is 9.97 Å². The number of aromatic nitrogens is 2. The summed E-state index contributed by atoms with van der Waals surface area (Å²) in [4.78, 5) is 8.94. The number of hydrazine groups is 1. The summed E-state index contributed by atoms with van der Waals surface area (Å²) in [7, 11) is 0. The van der Waals surface area contributed by atoms with Crippen LogP contribution in [0.3, 0.4) is 0 Å². The van der Waals surface area contributed by atoms with Crippen molar-refractivity contribution in [2.45, 2.75) is 25.3 Å². The molecule has 104 valence electrons. The van der Waals surface area contributed by atoms with Crippen molar-refractivity contribution in [3.05, 3.63) is 46.2 Å². The lowest BCUT2D eigenvalue weighted by Crippen LogP contribution is -2.12. The van der Waals surface area contributed by atoms with Crippen LogP contribution in [0.2, 0.25) is 0 Å². The molecule has 1 aliphatic rings. The maximum Gasteiger partial charge on any atom is 0.145 e. The largest absolute Gasteiger partial charge is 0.366 e. The third kappa shape index (κ3) is 3.26. The average molecular weight is 334 g/mol. The number of hydrogen-bond donors (Lipinski definition) is 3. The molecule has 0 aliphatic heterocycles. The molecule has 4 N–H and O–H groups in total. The molecule has 1 aliphatic carbocycles. The lowest BCUT2D eigenvalue weighted by Gasteiger charge is -2.09. The number of nitrogen functional groups attached to an aromatic ring is 1. The van der Waals surface area contributed by atoms with Gasteiger partial charge in [0, 0.05) is 23.0 Å². The molecule has 20 heavy (non-hydrogen) atoms. The lowest BCUT2D eigenvalue weighted by molar-refractivity contribution is 0.920. The molecule has 1 heterocycles. The lowest BCUT2D eigenvalue weighted by atomic mass is 10.2. The van der Waals surface area contributed by atoms with E-state index in [9.17, 15) is 0 Å². The van der Waals surface area contributed by atoms with Crippen LogP contribution in [0.1, 0.15) is 30.1 Å². The van der Waals surface area contributed by atoms with E-state index in [-0.39, 0.29) is 0 Å². The van der Waals surface area contributed by atoms with E-state index in [0.717, 1.165) is 22.7 Å². The molecule has 1 aromatic carbocycles. The van der Waals surface area contributed by atoms with E-state index in [0.29, 0.717) is 11.7 Å². The van der Waals surface area contributed by atoms with Gasteiger partial charge in [-0.2, -0.15) is 0 Å². The van der Waals surface area contributed by atoms with E-state index in [1.165, 1.54) is 18.4 Å². The molecule has 0 saturated heterocycles. The average Bonchev–Trinajstić information content (AvgIpc) is 3.31. The Labute approximate surface area is 126 Å². The predicted octanol–water partition coefficient (Wildman–Crippen LogP) is 3.01. The standard InChI is InChI=1S/C14H16BrN5/c15-11-5-1-9(2-6-11)8-17-12-7-13(20-16)19-14(18-12)10-3-4-10/h1-2,5-7,10H,3-4,8,16H2,(H2,17,18,19,20). The van der Waals surface area contributed by atoms with Crippen LogP contribution in [0, 0.1) is 0 Å². The number of halogens is 1. The molecule has 2 aromatic rings. The number of nitrogens with one attached hydrogen (secondary N) is 2. The van der Waals surface area contributed by atoms with Crippen molar-refractivity contribution in [3.8, 4) is 0 Å². The number of hydrogen-bond acceptors (Lipinski definition) is 5. The molecule has 0 unspecified atom stereocenters. The zero-order valence-corrected chi connectivity index (χ0v) is 12.5. The van der Waals surface area contributed by atoms with Gasteiger partial charge in [-0.25, -0.2) is 15.8 Å². The van der Waals surface area contributed by atoms with Crippen LogP contribution in [0.15, 0.2) is 34.8 Å². The highest BCUT2D eigenvalue weighted by atomic mass is 79.9. The van der Waals surface area contributed by atoms with Gasteiger partial charge in [-0.3, -0.25) is 0 Å². The quantitative estimate of drug-likeness (QED) is 0.579. The molecule has 3 rings (SSSR count). The van der Waals surface area contributed by atoms with Crippen LogP contribution in [0.5, 0.6) is 0 Å². The van der Waals surface area contributed by atoms with E-state index < -0.39 is 0 Å². The number of rotatable bonds is 5. The molecule has 1 fully saturated rings. The Kier molecular flexibility index (Phi) is 3.84. The van der Waals surface area contributed by atoms with Crippen molar-refractivity contribution in [1.29, 1.82) is 0 Å². The summed E-state index contributed by atoms with van der Waals surface area (Å²) in [6.45, 7) is 0.721. The summed E-state index contributed by atoms with van der Waals surface area (Å²) >= 11 is 3.43.